The van der Waals surface area contributed by atoms with Gasteiger partial charge in [0.1, 0.15) is 42.3 Å². The Morgan fingerprint density at radius 3 is 1.91 bits per heavy atom. The van der Waals surface area contributed by atoms with E-state index < -0.39 is 72.3 Å². The summed E-state index contributed by atoms with van der Waals surface area (Å²) in [5, 5.41) is 22.5. The number of rotatable bonds is 9. The molecule has 286 valence electrons. The summed E-state index contributed by atoms with van der Waals surface area (Å²) in [7, 11) is 0. The minimum absolute atomic E-state index is 0.00868. The number of esters is 1. The molecule has 1 fully saturated rings. The number of aromatic hydroxyl groups is 1. The summed E-state index contributed by atoms with van der Waals surface area (Å²) in [5.41, 5.74) is 3.00. The summed E-state index contributed by atoms with van der Waals surface area (Å²) < 4.78 is 11.5. The van der Waals surface area contributed by atoms with E-state index in [9.17, 15) is 33.9 Å². The van der Waals surface area contributed by atoms with E-state index in [0.29, 0.717) is 29.0 Å². The van der Waals surface area contributed by atoms with Crippen molar-refractivity contribution < 1.29 is 43.3 Å². The van der Waals surface area contributed by atoms with E-state index in [-0.39, 0.29) is 25.0 Å². The van der Waals surface area contributed by atoms with E-state index in [0.717, 1.165) is 5.57 Å². The highest BCUT2D eigenvalue weighted by atomic mass is 16.5. The van der Waals surface area contributed by atoms with Gasteiger partial charge in [0.25, 0.3) is 5.91 Å². The molecule has 1 aliphatic rings. The third kappa shape index (κ3) is 12.8. The SMILES string of the molecule is CC(C)=CCOc1ccc(C[C@@H]2NC(=O)[C@H](C)NC(=O)[C@H](Cc3ccc(O)cc3)NC(=O)CNC(=O)[C@H](C)NC(=O)[C@H](Cc3ccccc3)OC2=O)cc1. The molecule has 0 unspecified atom stereocenters. The molecule has 0 bridgehead atoms. The quantitative estimate of drug-likeness (QED) is 0.140. The molecule has 0 spiro atoms. The first-order valence-electron chi connectivity index (χ1n) is 17.6. The zero-order valence-electron chi connectivity index (χ0n) is 30.7. The Morgan fingerprint density at radius 2 is 1.26 bits per heavy atom. The summed E-state index contributed by atoms with van der Waals surface area (Å²) in [6.07, 6.45) is 0.429. The molecule has 0 radical (unpaired) electrons. The fraction of sp³-hybridized carbons (Fsp3) is 0.350. The number of nitrogens with one attached hydrogen (secondary N) is 5. The number of carbonyl (C=O) groups excluding carboxylic acids is 6. The van der Waals surface area contributed by atoms with Gasteiger partial charge in [0.2, 0.25) is 23.6 Å². The minimum atomic E-state index is -1.40. The van der Waals surface area contributed by atoms with Crippen molar-refractivity contribution in [1.82, 2.24) is 26.6 Å². The van der Waals surface area contributed by atoms with Crippen LogP contribution in [-0.4, -0.2) is 84.0 Å². The number of benzene rings is 3. The van der Waals surface area contributed by atoms with Crippen molar-refractivity contribution in [1.29, 1.82) is 0 Å². The van der Waals surface area contributed by atoms with E-state index in [1.807, 2.05) is 19.9 Å². The maximum Gasteiger partial charge on any atom is 0.329 e. The molecule has 6 N–H and O–H groups in total. The van der Waals surface area contributed by atoms with Crippen LogP contribution in [-0.2, 0) is 52.8 Å². The number of ether oxygens (including phenoxy) is 2. The summed E-state index contributed by atoms with van der Waals surface area (Å²) >= 11 is 0. The molecule has 5 atom stereocenters. The van der Waals surface area contributed by atoms with Crippen LogP contribution < -0.4 is 31.3 Å². The van der Waals surface area contributed by atoms with Gasteiger partial charge >= 0.3 is 5.97 Å². The van der Waals surface area contributed by atoms with E-state index in [1.54, 1.807) is 66.7 Å². The molecule has 1 saturated heterocycles. The van der Waals surface area contributed by atoms with Gasteiger partial charge in [0.15, 0.2) is 6.10 Å². The highest BCUT2D eigenvalue weighted by Gasteiger charge is 2.33. The topological polar surface area (TPSA) is 201 Å². The number of carbonyl (C=O) groups is 6. The number of allylic oxidation sites excluding steroid dienone is 1. The molecule has 5 amide bonds. The third-order valence-electron chi connectivity index (χ3n) is 8.48. The van der Waals surface area contributed by atoms with Crippen LogP contribution >= 0.6 is 0 Å². The predicted octanol–water partition coefficient (Wildman–Crippen LogP) is 1.79. The number of hydrogen-bond acceptors (Lipinski definition) is 9. The second kappa shape index (κ2) is 19.6. The molecule has 0 aromatic heterocycles. The van der Waals surface area contributed by atoms with E-state index in [2.05, 4.69) is 26.6 Å². The lowest BCUT2D eigenvalue weighted by Gasteiger charge is -2.26. The predicted molar refractivity (Wildman–Crippen MR) is 199 cm³/mol. The smallest absolute Gasteiger partial charge is 0.329 e. The fourth-order valence-corrected chi connectivity index (χ4v) is 5.38. The highest BCUT2D eigenvalue weighted by molar-refractivity contribution is 5.96. The van der Waals surface area contributed by atoms with Crippen LogP contribution in [0.15, 0.2) is 90.5 Å². The molecule has 54 heavy (non-hydrogen) atoms. The molecule has 1 aliphatic heterocycles. The van der Waals surface area contributed by atoms with E-state index >= 15 is 0 Å². The molecule has 14 heteroatoms. The highest BCUT2D eigenvalue weighted by Crippen LogP contribution is 2.16. The lowest BCUT2D eigenvalue weighted by Crippen LogP contribution is -2.57. The molecule has 3 aromatic carbocycles. The van der Waals surface area contributed by atoms with Gasteiger partial charge in [0.05, 0.1) is 6.54 Å². The molecule has 0 aliphatic carbocycles. The van der Waals surface area contributed by atoms with E-state index in [4.69, 9.17) is 9.47 Å². The maximum absolute atomic E-state index is 13.9. The number of phenols is 1. The fourth-order valence-electron chi connectivity index (χ4n) is 5.38. The number of hydrogen-bond donors (Lipinski definition) is 6. The van der Waals surface area contributed by atoms with E-state index in [1.165, 1.54) is 26.0 Å². The number of amides is 5. The van der Waals surface area contributed by atoms with Gasteiger partial charge in [0, 0.05) is 19.3 Å². The van der Waals surface area contributed by atoms with Gasteiger partial charge < -0.3 is 41.2 Å². The van der Waals surface area contributed by atoms with Crippen LogP contribution in [0.3, 0.4) is 0 Å². The Labute approximate surface area is 314 Å². The number of cyclic esters (lactones) is 1. The van der Waals surface area contributed by atoms with Crippen molar-refractivity contribution >= 4 is 35.5 Å². The van der Waals surface area contributed by atoms with Gasteiger partial charge in [-0.25, -0.2) is 4.79 Å². The minimum Gasteiger partial charge on any atom is -0.508 e. The van der Waals surface area contributed by atoms with Crippen LogP contribution in [0.1, 0.15) is 44.4 Å². The summed E-state index contributed by atoms with van der Waals surface area (Å²) in [5.74, 6) is -3.93. The normalized spacial score (nSPS) is 21.8. The zero-order valence-corrected chi connectivity index (χ0v) is 30.7. The first-order chi connectivity index (χ1) is 25.8. The van der Waals surface area contributed by atoms with Gasteiger partial charge in [-0.05, 0) is 74.7 Å². The molecule has 4 rings (SSSR count). The second-order valence-electron chi connectivity index (χ2n) is 13.3. The lowest BCUT2D eigenvalue weighted by atomic mass is 10.0. The average Bonchev–Trinajstić information content (AvgIpc) is 3.14. The Balaban J connectivity index is 1.63. The van der Waals surface area contributed by atoms with Gasteiger partial charge in [-0.2, -0.15) is 0 Å². The van der Waals surface area contributed by atoms with Crippen molar-refractivity contribution in [2.24, 2.45) is 0 Å². The van der Waals surface area contributed by atoms with Crippen molar-refractivity contribution in [3.63, 3.8) is 0 Å². The summed E-state index contributed by atoms with van der Waals surface area (Å²) in [4.78, 5) is 80.6. The number of phenolic OH excluding ortho intramolecular Hbond substituents is 1. The summed E-state index contributed by atoms with van der Waals surface area (Å²) in [6.45, 7) is 6.59. The third-order valence-corrected chi connectivity index (χ3v) is 8.48. The Hall–Kier alpha value is -6.18. The largest absolute Gasteiger partial charge is 0.508 e. The first-order valence-corrected chi connectivity index (χ1v) is 17.6. The molecular formula is C40H47N5O9. The average molecular weight is 742 g/mol. The van der Waals surface area contributed by atoms with Crippen molar-refractivity contribution in [3.05, 3.63) is 107 Å². The molecule has 1 heterocycles. The van der Waals surface area contributed by atoms with Crippen LogP contribution in [0.25, 0.3) is 0 Å². The second-order valence-corrected chi connectivity index (χ2v) is 13.3. The standard InChI is InChI=1S/C40H47N5O9/c1-24(2)18-19-53-31-16-12-29(13-17-31)21-33-40(52)54-34(22-27-8-6-5-7-9-27)39(51)43-25(3)36(48)41-23-35(47)44-32(20-28-10-14-30(46)15-11-28)38(50)42-26(4)37(49)45-33/h5-18,25-26,32-34,46H,19-23H2,1-4H3,(H,41,48)(H,42,50)(H,43,51)(H,44,47)(H,45,49)/t25-,26-,32-,33-,34-/m0/s1. The van der Waals surface area contributed by atoms with Crippen LogP contribution in [0.2, 0.25) is 0 Å². The molecule has 3 aromatic rings. The van der Waals surface area contributed by atoms with Gasteiger partial charge in [-0.15, -0.1) is 0 Å². The molecule has 14 nitrogen and oxygen atoms in total. The zero-order chi connectivity index (χ0) is 39.2. The Kier molecular flexibility index (Phi) is 14.7. The monoisotopic (exact) mass is 741 g/mol. The van der Waals surface area contributed by atoms with Crippen molar-refractivity contribution in [2.75, 3.05) is 13.2 Å². The lowest BCUT2D eigenvalue weighted by molar-refractivity contribution is -0.159. The summed E-state index contributed by atoms with van der Waals surface area (Å²) in [6, 6.07) is 16.9. The molecular weight excluding hydrogens is 694 g/mol. The van der Waals surface area contributed by atoms with Crippen LogP contribution in [0.5, 0.6) is 11.5 Å². The van der Waals surface area contributed by atoms with Crippen molar-refractivity contribution in [3.8, 4) is 11.5 Å². The van der Waals surface area contributed by atoms with Crippen LogP contribution in [0, 0.1) is 0 Å². The van der Waals surface area contributed by atoms with Crippen molar-refractivity contribution in [2.45, 2.75) is 77.2 Å². The van der Waals surface area contributed by atoms with Gasteiger partial charge in [-0.3, -0.25) is 24.0 Å². The first kappa shape index (κ1) is 40.6. The van der Waals surface area contributed by atoms with Crippen LogP contribution in [0.4, 0.5) is 0 Å². The maximum atomic E-state index is 13.9. The Bertz CT molecular complexity index is 1810. The Morgan fingerprint density at radius 1 is 0.685 bits per heavy atom. The van der Waals surface area contributed by atoms with Gasteiger partial charge in [-0.1, -0.05) is 60.2 Å². The molecule has 0 saturated carbocycles.